The standard InChI is InChI=1S/C11H12O6S/c1-18(14,15)10-5-9-8(16-6-17-9)4-7(10)2-3-11(12)13/h4-5H,2-3,6H2,1H3,(H,12,13). The second-order valence-corrected chi connectivity index (χ2v) is 5.96. The summed E-state index contributed by atoms with van der Waals surface area (Å²) in [7, 11) is -3.43. The van der Waals surface area contributed by atoms with Crippen LogP contribution in [-0.2, 0) is 21.1 Å². The summed E-state index contributed by atoms with van der Waals surface area (Å²) in [6, 6.07) is 2.91. The molecule has 1 aromatic rings. The number of benzene rings is 1. The van der Waals surface area contributed by atoms with E-state index >= 15 is 0 Å². The highest BCUT2D eigenvalue weighted by Crippen LogP contribution is 2.36. The summed E-state index contributed by atoms with van der Waals surface area (Å²) in [5, 5.41) is 8.66. The Kier molecular flexibility index (Phi) is 3.16. The lowest BCUT2D eigenvalue weighted by Crippen LogP contribution is -2.05. The molecular weight excluding hydrogens is 260 g/mol. The first kappa shape index (κ1) is 12.7. The molecule has 0 radical (unpaired) electrons. The van der Waals surface area contributed by atoms with Crippen molar-refractivity contribution in [3.8, 4) is 11.5 Å². The van der Waals surface area contributed by atoms with Gasteiger partial charge in [-0.3, -0.25) is 4.79 Å². The van der Waals surface area contributed by atoms with Crippen LogP contribution in [0.2, 0.25) is 0 Å². The van der Waals surface area contributed by atoms with Gasteiger partial charge in [-0.2, -0.15) is 0 Å². The van der Waals surface area contributed by atoms with Gasteiger partial charge in [0.05, 0.1) is 4.90 Å². The Balaban J connectivity index is 2.45. The first-order valence-corrected chi connectivity index (χ1v) is 7.11. The van der Waals surface area contributed by atoms with E-state index in [1.54, 1.807) is 0 Å². The van der Waals surface area contributed by atoms with Crippen molar-refractivity contribution in [3.63, 3.8) is 0 Å². The minimum atomic E-state index is -3.43. The molecule has 0 amide bonds. The quantitative estimate of drug-likeness (QED) is 0.873. The van der Waals surface area contributed by atoms with Gasteiger partial charge in [-0.05, 0) is 18.1 Å². The molecule has 1 heterocycles. The zero-order valence-electron chi connectivity index (χ0n) is 9.67. The second-order valence-electron chi connectivity index (χ2n) is 3.98. The molecule has 1 aliphatic heterocycles. The van der Waals surface area contributed by atoms with Crippen molar-refractivity contribution in [2.75, 3.05) is 13.0 Å². The molecule has 1 aliphatic rings. The van der Waals surface area contributed by atoms with Crippen LogP contribution in [0.4, 0.5) is 0 Å². The third-order valence-corrected chi connectivity index (χ3v) is 3.74. The van der Waals surface area contributed by atoms with E-state index in [0.717, 1.165) is 6.26 Å². The molecule has 18 heavy (non-hydrogen) atoms. The predicted molar refractivity (Wildman–Crippen MR) is 61.6 cm³/mol. The van der Waals surface area contributed by atoms with Crippen LogP contribution in [0.3, 0.4) is 0 Å². The van der Waals surface area contributed by atoms with Crippen LogP contribution < -0.4 is 9.47 Å². The zero-order valence-corrected chi connectivity index (χ0v) is 10.5. The minimum Gasteiger partial charge on any atom is -0.481 e. The second kappa shape index (κ2) is 4.49. The van der Waals surface area contributed by atoms with Crippen LogP contribution in [0.1, 0.15) is 12.0 Å². The fraction of sp³-hybridized carbons (Fsp3) is 0.364. The topological polar surface area (TPSA) is 89.9 Å². The number of carboxylic acids is 1. The van der Waals surface area contributed by atoms with Crippen molar-refractivity contribution in [2.24, 2.45) is 0 Å². The highest BCUT2D eigenvalue weighted by atomic mass is 32.2. The summed E-state index contributed by atoms with van der Waals surface area (Å²) < 4.78 is 33.6. The van der Waals surface area contributed by atoms with Gasteiger partial charge in [0, 0.05) is 18.7 Å². The fourth-order valence-corrected chi connectivity index (χ4v) is 2.71. The molecule has 2 rings (SSSR count). The Morgan fingerprint density at radius 2 is 1.94 bits per heavy atom. The summed E-state index contributed by atoms with van der Waals surface area (Å²) in [5.74, 6) is -0.163. The number of fused-ring (bicyclic) bond motifs is 1. The normalized spacial score (nSPS) is 13.6. The first-order chi connectivity index (χ1) is 8.38. The molecule has 0 fully saturated rings. The molecule has 0 unspecified atom stereocenters. The number of hydrogen-bond acceptors (Lipinski definition) is 5. The fourth-order valence-electron chi connectivity index (χ4n) is 1.75. The van der Waals surface area contributed by atoms with Crippen LogP contribution in [-0.4, -0.2) is 32.5 Å². The van der Waals surface area contributed by atoms with Gasteiger partial charge < -0.3 is 14.6 Å². The van der Waals surface area contributed by atoms with E-state index in [4.69, 9.17) is 14.6 Å². The molecule has 0 saturated heterocycles. The van der Waals surface area contributed by atoms with Gasteiger partial charge in [0.15, 0.2) is 21.3 Å². The number of rotatable bonds is 4. The summed E-state index contributed by atoms with van der Waals surface area (Å²) in [5.41, 5.74) is 0.434. The molecule has 7 heteroatoms. The van der Waals surface area contributed by atoms with Gasteiger partial charge in [0.2, 0.25) is 6.79 Å². The number of hydrogen-bond donors (Lipinski definition) is 1. The number of sulfone groups is 1. The van der Waals surface area contributed by atoms with E-state index < -0.39 is 15.8 Å². The number of aliphatic carboxylic acids is 1. The van der Waals surface area contributed by atoms with Crippen LogP contribution in [0.15, 0.2) is 17.0 Å². The lowest BCUT2D eigenvalue weighted by Gasteiger charge is -2.08. The SMILES string of the molecule is CS(=O)(=O)c1cc2c(cc1CCC(=O)O)OCO2. The third kappa shape index (κ3) is 2.56. The molecule has 0 aliphatic carbocycles. The molecule has 1 N–H and O–H groups in total. The average molecular weight is 272 g/mol. The van der Waals surface area contributed by atoms with E-state index in [1.165, 1.54) is 12.1 Å². The van der Waals surface area contributed by atoms with Crippen LogP contribution in [0.25, 0.3) is 0 Å². The van der Waals surface area contributed by atoms with E-state index in [2.05, 4.69) is 0 Å². The monoisotopic (exact) mass is 272 g/mol. The van der Waals surface area contributed by atoms with Crippen molar-refractivity contribution in [3.05, 3.63) is 17.7 Å². The molecule has 1 aromatic carbocycles. The van der Waals surface area contributed by atoms with Gasteiger partial charge in [-0.1, -0.05) is 0 Å². The Bertz CT molecular complexity index is 590. The van der Waals surface area contributed by atoms with Crippen molar-refractivity contribution in [2.45, 2.75) is 17.7 Å². The smallest absolute Gasteiger partial charge is 0.303 e. The van der Waals surface area contributed by atoms with E-state index in [0.29, 0.717) is 17.1 Å². The maximum atomic E-state index is 11.7. The Labute approximate surface area is 104 Å². The summed E-state index contributed by atoms with van der Waals surface area (Å²) in [4.78, 5) is 10.7. The van der Waals surface area contributed by atoms with Gasteiger partial charge >= 0.3 is 5.97 Å². The summed E-state index contributed by atoms with van der Waals surface area (Å²) in [6.45, 7) is 0.0426. The number of aryl methyl sites for hydroxylation is 1. The molecule has 0 bridgehead atoms. The zero-order chi connectivity index (χ0) is 13.3. The first-order valence-electron chi connectivity index (χ1n) is 5.22. The molecule has 6 nitrogen and oxygen atoms in total. The number of carboxylic acid groups (broad SMARTS) is 1. The highest BCUT2D eigenvalue weighted by Gasteiger charge is 2.22. The molecular formula is C11H12O6S. The van der Waals surface area contributed by atoms with Crippen molar-refractivity contribution in [1.29, 1.82) is 0 Å². The Hall–Kier alpha value is -1.76. The maximum Gasteiger partial charge on any atom is 0.303 e. The summed E-state index contributed by atoms with van der Waals surface area (Å²) >= 11 is 0. The largest absolute Gasteiger partial charge is 0.481 e. The molecule has 0 saturated carbocycles. The van der Waals surface area contributed by atoms with Crippen LogP contribution >= 0.6 is 0 Å². The lowest BCUT2D eigenvalue weighted by atomic mass is 10.1. The molecule has 0 aromatic heterocycles. The van der Waals surface area contributed by atoms with E-state index in [9.17, 15) is 13.2 Å². The van der Waals surface area contributed by atoms with Crippen LogP contribution in [0, 0.1) is 0 Å². The predicted octanol–water partition coefficient (Wildman–Crippen LogP) is 0.836. The van der Waals surface area contributed by atoms with Crippen molar-refractivity contribution < 1.29 is 27.8 Å². The van der Waals surface area contributed by atoms with Crippen molar-refractivity contribution >= 4 is 15.8 Å². The van der Waals surface area contributed by atoms with Crippen LogP contribution in [0.5, 0.6) is 11.5 Å². The lowest BCUT2D eigenvalue weighted by molar-refractivity contribution is -0.136. The number of ether oxygens (including phenoxy) is 2. The molecule has 0 spiro atoms. The number of carbonyl (C=O) groups is 1. The van der Waals surface area contributed by atoms with E-state index in [-0.39, 0.29) is 24.5 Å². The molecule has 98 valence electrons. The average Bonchev–Trinajstić information content (AvgIpc) is 2.70. The summed E-state index contributed by atoms with van der Waals surface area (Å²) in [6.07, 6.45) is 1.07. The van der Waals surface area contributed by atoms with E-state index in [1.807, 2.05) is 0 Å². The minimum absolute atomic E-state index is 0.0426. The highest BCUT2D eigenvalue weighted by molar-refractivity contribution is 7.90. The van der Waals surface area contributed by atoms with Gasteiger partial charge in [-0.25, -0.2) is 8.42 Å². The Morgan fingerprint density at radius 3 is 2.50 bits per heavy atom. The van der Waals surface area contributed by atoms with Gasteiger partial charge in [0.25, 0.3) is 0 Å². The van der Waals surface area contributed by atoms with Gasteiger partial charge in [-0.15, -0.1) is 0 Å². The maximum absolute atomic E-state index is 11.7. The van der Waals surface area contributed by atoms with Crippen molar-refractivity contribution in [1.82, 2.24) is 0 Å². The molecule has 0 atom stereocenters. The van der Waals surface area contributed by atoms with Gasteiger partial charge in [0.1, 0.15) is 0 Å². The Morgan fingerprint density at radius 1 is 1.33 bits per heavy atom. The third-order valence-electron chi connectivity index (χ3n) is 2.56.